The maximum Gasteiger partial charge on any atom is 0.163 e. The molecule has 0 aromatic heterocycles. The number of carbonyl (C=O) groups excluding carboxylic acids is 1. The Labute approximate surface area is 97.9 Å². The van der Waals surface area contributed by atoms with Crippen molar-refractivity contribution in [3.05, 3.63) is 41.3 Å². The van der Waals surface area contributed by atoms with Gasteiger partial charge in [-0.25, -0.2) is 0 Å². The molecule has 85 valence electrons. The van der Waals surface area contributed by atoms with E-state index in [4.69, 9.17) is 0 Å². The average Bonchev–Trinajstić information content (AvgIpc) is 2.15. The summed E-state index contributed by atoms with van der Waals surface area (Å²) in [5.74, 6) is 0.291. The number of fused-ring (bicyclic) bond motifs is 1. The van der Waals surface area contributed by atoms with Gasteiger partial charge in [0.05, 0.1) is 0 Å². The minimum atomic E-state index is 0.291. The minimum Gasteiger partial charge on any atom is -0.294 e. The van der Waals surface area contributed by atoms with Crippen molar-refractivity contribution in [3.8, 4) is 0 Å². The number of carbonyl (C=O) groups is 1. The Morgan fingerprint density at radius 1 is 1.25 bits per heavy atom. The molecule has 0 spiro atoms. The average molecular weight is 215 g/mol. The van der Waals surface area contributed by atoms with Crippen LogP contribution < -0.4 is 0 Å². The highest BCUT2D eigenvalue weighted by atomic mass is 16.1. The first-order valence-electron chi connectivity index (χ1n) is 5.95. The van der Waals surface area contributed by atoms with E-state index in [0.29, 0.717) is 17.6 Å². The van der Waals surface area contributed by atoms with Crippen LogP contribution in [-0.2, 0) is 6.42 Å². The molecule has 16 heavy (non-hydrogen) atoms. The van der Waals surface area contributed by atoms with Gasteiger partial charge < -0.3 is 0 Å². The summed E-state index contributed by atoms with van der Waals surface area (Å²) in [4.78, 5) is 11.7. The first kappa shape index (κ1) is 11.4. The standard InChI is InChI=1S/C15H19O/c1-15(2,3)10-11-7-8-13-12(9-11)5-4-6-14(13)16/h5,7-9H,4,6,10H2,1-3H3. The summed E-state index contributed by atoms with van der Waals surface area (Å²) in [6.45, 7) is 6.71. The minimum absolute atomic E-state index is 0.291. The second kappa shape index (κ2) is 4.04. The fourth-order valence-electron chi connectivity index (χ4n) is 2.25. The van der Waals surface area contributed by atoms with Gasteiger partial charge in [0.1, 0.15) is 0 Å². The van der Waals surface area contributed by atoms with Crippen LogP contribution in [0, 0.1) is 11.8 Å². The Balaban J connectivity index is 2.29. The fourth-order valence-corrected chi connectivity index (χ4v) is 2.25. The summed E-state index contributed by atoms with van der Waals surface area (Å²) in [7, 11) is 0. The first-order chi connectivity index (χ1) is 7.46. The van der Waals surface area contributed by atoms with Gasteiger partial charge in [0.25, 0.3) is 0 Å². The van der Waals surface area contributed by atoms with Gasteiger partial charge in [0, 0.05) is 12.0 Å². The van der Waals surface area contributed by atoms with Crippen LogP contribution in [0.2, 0.25) is 0 Å². The monoisotopic (exact) mass is 215 g/mol. The Kier molecular flexibility index (Phi) is 2.88. The third-order valence-corrected chi connectivity index (χ3v) is 2.89. The molecule has 0 N–H and O–H groups in total. The molecule has 0 atom stereocenters. The number of rotatable bonds is 1. The molecule has 0 unspecified atom stereocenters. The van der Waals surface area contributed by atoms with Crippen LogP contribution in [0.3, 0.4) is 0 Å². The molecular formula is C15H19O. The topological polar surface area (TPSA) is 17.1 Å². The van der Waals surface area contributed by atoms with E-state index in [-0.39, 0.29) is 0 Å². The zero-order chi connectivity index (χ0) is 11.8. The van der Waals surface area contributed by atoms with Gasteiger partial charge >= 0.3 is 0 Å². The molecule has 0 bridgehead atoms. The predicted molar refractivity (Wildman–Crippen MR) is 66.6 cm³/mol. The summed E-state index contributed by atoms with van der Waals surface area (Å²) < 4.78 is 0. The van der Waals surface area contributed by atoms with Gasteiger partial charge in [0.2, 0.25) is 0 Å². The fraction of sp³-hybridized carbons (Fsp3) is 0.467. The van der Waals surface area contributed by atoms with Gasteiger partial charge in [-0.05, 0) is 35.8 Å². The highest BCUT2D eigenvalue weighted by Gasteiger charge is 2.18. The maximum atomic E-state index is 11.7. The van der Waals surface area contributed by atoms with E-state index < -0.39 is 0 Å². The van der Waals surface area contributed by atoms with E-state index in [9.17, 15) is 4.79 Å². The molecule has 1 aliphatic carbocycles. The molecule has 1 radical (unpaired) electrons. The molecule has 1 heteroatoms. The van der Waals surface area contributed by atoms with E-state index in [2.05, 4.69) is 39.3 Å². The van der Waals surface area contributed by atoms with E-state index in [1.807, 2.05) is 6.07 Å². The first-order valence-corrected chi connectivity index (χ1v) is 5.95. The molecule has 0 fully saturated rings. The number of hydrogen-bond donors (Lipinski definition) is 0. The van der Waals surface area contributed by atoms with Crippen molar-refractivity contribution in [1.29, 1.82) is 0 Å². The van der Waals surface area contributed by atoms with Crippen LogP contribution in [0.4, 0.5) is 0 Å². The Hall–Kier alpha value is -1.11. The lowest BCUT2D eigenvalue weighted by Gasteiger charge is -2.20. The molecule has 1 nitrogen and oxygen atoms in total. The number of benzene rings is 1. The van der Waals surface area contributed by atoms with Crippen molar-refractivity contribution < 1.29 is 4.79 Å². The lowest BCUT2D eigenvalue weighted by molar-refractivity contribution is 0.0978. The highest BCUT2D eigenvalue weighted by Crippen LogP contribution is 2.27. The lowest BCUT2D eigenvalue weighted by atomic mass is 9.84. The van der Waals surface area contributed by atoms with Crippen molar-refractivity contribution in [1.82, 2.24) is 0 Å². The van der Waals surface area contributed by atoms with E-state index >= 15 is 0 Å². The molecule has 1 aromatic rings. The van der Waals surface area contributed by atoms with Crippen molar-refractivity contribution in [2.24, 2.45) is 5.41 Å². The number of Topliss-reactive ketones (excluding diaryl/α,β-unsaturated/α-hetero) is 1. The Morgan fingerprint density at radius 3 is 2.69 bits per heavy atom. The van der Waals surface area contributed by atoms with Crippen LogP contribution >= 0.6 is 0 Å². The van der Waals surface area contributed by atoms with Crippen LogP contribution in [0.15, 0.2) is 18.2 Å². The van der Waals surface area contributed by atoms with E-state index in [1.54, 1.807) is 0 Å². The van der Waals surface area contributed by atoms with Crippen LogP contribution in [-0.4, -0.2) is 5.78 Å². The lowest BCUT2D eigenvalue weighted by Crippen LogP contribution is -2.12. The van der Waals surface area contributed by atoms with Crippen molar-refractivity contribution in [2.45, 2.75) is 40.0 Å². The van der Waals surface area contributed by atoms with Gasteiger partial charge in [0.15, 0.2) is 5.78 Å². The van der Waals surface area contributed by atoms with Gasteiger partial charge in [-0.15, -0.1) is 0 Å². The van der Waals surface area contributed by atoms with Crippen molar-refractivity contribution in [2.75, 3.05) is 0 Å². The summed E-state index contributed by atoms with van der Waals surface area (Å²) in [5.41, 5.74) is 3.67. The van der Waals surface area contributed by atoms with Crippen molar-refractivity contribution in [3.63, 3.8) is 0 Å². The van der Waals surface area contributed by atoms with Gasteiger partial charge in [-0.1, -0.05) is 39.0 Å². The van der Waals surface area contributed by atoms with E-state index in [1.165, 1.54) is 5.56 Å². The molecule has 1 aromatic carbocycles. The molecular weight excluding hydrogens is 196 g/mol. The summed E-state index contributed by atoms with van der Waals surface area (Å²) in [6, 6.07) is 6.27. The molecule has 0 saturated carbocycles. The smallest absolute Gasteiger partial charge is 0.163 e. The zero-order valence-corrected chi connectivity index (χ0v) is 10.3. The van der Waals surface area contributed by atoms with E-state index in [0.717, 1.165) is 24.0 Å². The maximum absolute atomic E-state index is 11.7. The molecule has 1 aliphatic rings. The predicted octanol–water partition coefficient (Wildman–Crippen LogP) is 3.80. The molecule has 2 rings (SSSR count). The highest BCUT2D eigenvalue weighted by molar-refractivity contribution is 5.99. The van der Waals surface area contributed by atoms with Crippen LogP contribution in [0.1, 0.15) is 55.1 Å². The second-order valence-electron chi connectivity index (χ2n) is 5.83. The van der Waals surface area contributed by atoms with Crippen LogP contribution in [0.25, 0.3) is 0 Å². The SMILES string of the molecule is CC(C)(C)Cc1ccc2c(c1)[CH]CCC2=O. The number of ketones is 1. The number of hydrogen-bond acceptors (Lipinski definition) is 1. The summed E-state index contributed by atoms with van der Waals surface area (Å²) in [5, 5.41) is 0. The second-order valence-corrected chi connectivity index (χ2v) is 5.83. The quantitative estimate of drug-likeness (QED) is 0.696. The normalized spacial score (nSPS) is 16.1. The summed E-state index contributed by atoms with van der Waals surface area (Å²) >= 11 is 0. The largest absolute Gasteiger partial charge is 0.294 e. The van der Waals surface area contributed by atoms with Crippen LogP contribution in [0.5, 0.6) is 0 Å². The van der Waals surface area contributed by atoms with Gasteiger partial charge in [-0.3, -0.25) is 4.79 Å². The third kappa shape index (κ3) is 2.52. The molecule has 0 heterocycles. The third-order valence-electron chi connectivity index (χ3n) is 2.89. The summed E-state index contributed by atoms with van der Waals surface area (Å²) in [6.07, 6.45) is 4.81. The zero-order valence-electron chi connectivity index (χ0n) is 10.3. The van der Waals surface area contributed by atoms with Gasteiger partial charge in [-0.2, -0.15) is 0 Å². The van der Waals surface area contributed by atoms with Crippen molar-refractivity contribution >= 4 is 5.78 Å². The molecule has 0 aliphatic heterocycles. The Morgan fingerprint density at radius 2 is 2.00 bits per heavy atom. The Bertz CT molecular complexity index is 410. The molecule has 0 amide bonds. The molecule has 0 saturated heterocycles.